The summed E-state index contributed by atoms with van der Waals surface area (Å²) in [5, 5.41) is -0.223. The first-order valence-corrected chi connectivity index (χ1v) is 5.68. The van der Waals surface area contributed by atoms with Crippen LogP contribution in [0.4, 0.5) is 8.78 Å². The first-order valence-electron chi connectivity index (χ1n) is 5.30. The molecule has 0 spiro atoms. The van der Waals surface area contributed by atoms with Crippen LogP contribution in [-0.2, 0) is 6.42 Å². The molecule has 0 fully saturated rings. The van der Waals surface area contributed by atoms with Crippen molar-refractivity contribution in [1.29, 1.82) is 0 Å². The Morgan fingerprint density at radius 1 is 1.00 bits per heavy atom. The lowest BCUT2D eigenvalue weighted by atomic mass is 10.0. The summed E-state index contributed by atoms with van der Waals surface area (Å²) in [4.78, 5) is 11.9. The third-order valence-electron chi connectivity index (χ3n) is 2.56. The topological polar surface area (TPSA) is 17.1 Å². The second-order valence-electron chi connectivity index (χ2n) is 3.79. The van der Waals surface area contributed by atoms with E-state index in [1.165, 1.54) is 30.3 Å². The van der Waals surface area contributed by atoms with Gasteiger partial charge in [0.2, 0.25) is 0 Å². The number of Topliss-reactive ketones (excluding diaryl/α,β-unsaturated/α-hetero) is 1. The van der Waals surface area contributed by atoms with Crippen LogP contribution < -0.4 is 0 Å². The number of benzene rings is 2. The summed E-state index contributed by atoms with van der Waals surface area (Å²) in [7, 11) is 0. The minimum atomic E-state index is -0.656. The molecule has 1 nitrogen and oxygen atoms in total. The number of ketones is 1. The van der Waals surface area contributed by atoms with Crippen LogP contribution in [0.1, 0.15) is 15.9 Å². The van der Waals surface area contributed by atoms with E-state index in [2.05, 4.69) is 0 Å². The Kier molecular flexibility index (Phi) is 3.72. The van der Waals surface area contributed by atoms with Crippen LogP contribution in [0.15, 0.2) is 42.5 Å². The third kappa shape index (κ3) is 2.57. The number of rotatable bonds is 3. The SMILES string of the molecule is O=C(Cc1ccccc1F)c1cccc(F)c1Cl. The van der Waals surface area contributed by atoms with E-state index >= 15 is 0 Å². The van der Waals surface area contributed by atoms with Crippen LogP contribution in [0.25, 0.3) is 0 Å². The number of halogens is 3. The first kappa shape index (κ1) is 12.7. The summed E-state index contributed by atoms with van der Waals surface area (Å²) in [5.41, 5.74) is 0.336. The minimum Gasteiger partial charge on any atom is -0.294 e. The molecule has 0 aliphatic carbocycles. The highest BCUT2D eigenvalue weighted by Gasteiger charge is 2.15. The fraction of sp³-hybridized carbons (Fsp3) is 0.0714. The Labute approximate surface area is 108 Å². The number of hydrogen-bond acceptors (Lipinski definition) is 1. The number of carbonyl (C=O) groups excluding carboxylic acids is 1. The molecule has 0 amide bonds. The van der Waals surface area contributed by atoms with Crippen LogP contribution in [0, 0.1) is 11.6 Å². The van der Waals surface area contributed by atoms with Crippen LogP contribution >= 0.6 is 11.6 Å². The summed E-state index contributed by atoms with van der Waals surface area (Å²) >= 11 is 5.70. The first-order chi connectivity index (χ1) is 8.59. The van der Waals surface area contributed by atoms with E-state index in [-0.39, 0.29) is 22.6 Å². The van der Waals surface area contributed by atoms with Gasteiger partial charge in [0.25, 0.3) is 0 Å². The molecular weight excluding hydrogens is 258 g/mol. The predicted octanol–water partition coefficient (Wildman–Crippen LogP) is 4.04. The summed E-state index contributed by atoms with van der Waals surface area (Å²) < 4.78 is 26.6. The molecule has 0 unspecified atom stereocenters. The average molecular weight is 267 g/mol. The highest BCUT2D eigenvalue weighted by atomic mass is 35.5. The van der Waals surface area contributed by atoms with Crippen LogP contribution in [0.3, 0.4) is 0 Å². The van der Waals surface area contributed by atoms with Crippen molar-refractivity contribution in [2.24, 2.45) is 0 Å². The van der Waals surface area contributed by atoms with Crippen LogP contribution in [-0.4, -0.2) is 5.78 Å². The van der Waals surface area contributed by atoms with Gasteiger partial charge in [0.05, 0.1) is 5.02 Å². The molecule has 0 aromatic heterocycles. The van der Waals surface area contributed by atoms with Gasteiger partial charge in [-0.15, -0.1) is 0 Å². The monoisotopic (exact) mass is 266 g/mol. The largest absolute Gasteiger partial charge is 0.294 e. The lowest BCUT2D eigenvalue weighted by Gasteiger charge is -2.05. The van der Waals surface area contributed by atoms with Crippen LogP contribution in [0.5, 0.6) is 0 Å². The fourth-order valence-electron chi connectivity index (χ4n) is 1.63. The van der Waals surface area contributed by atoms with Gasteiger partial charge in [-0.1, -0.05) is 35.9 Å². The van der Waals surface area contributed by atoms with Gasteiger partial charge < -0.3 is 0 Å². The van der Waals surface area contributed by atoms with Gasteiger partial charge in [-0.3, -0.25) is 4.79 Å². The van der Waals surface area contributed by atoms with E-state index in [0.29, 0.717) is 0 Å². The minimum absolute atomic E-state index is 0.0694. The highest BCUT2D eigenvalue weighted by molar-refractivity contribution is 6.34. The van der Waals surface area contributed by atoms with Crippen molar-refractivity contribution in [3.8, 4) is 0 Å². The lowest BCUT2D eigenvalue weighted by molar-refractivity contribution is 0.0991. The highest BCUT2D eigenvalue weighted by Crippen LogP contribution is 2.21. The molecule has 0 saturated heterocycles. The molecule has 0 radical (unpaired) electrons. The zero-order chi connectivity index (χ0) is 13.1. The van der Waals surface area contributed by atoms with Crippen molar-refractivity contribution in [3.05, 3.63) is 70.2 Å². The molecule has 0 aliphatic rings. The maximum absolute atomic E-state index is 13.4. The standard InChI is InChI=1S/C14H9ClF2O/c15-14-10(5-3-7-12(14)17)13(18)8-9-4-1-2-6-11(9)16/h1-7H,8H2. The average Bonchev–Trinajstić information content (AvgIpc) is 2.35. The van der Waals surface area contributed by atoms with E-state index in [1.807, 2.05) is 0 Å². The Balaban J connectivity index is 2.28. The Hall–Kier alpha value is -1.74. The lowest BCUT2D eigenvalue weighted by Crippen LogP contribution is -2.06. The molecule has 2 aromatic rings. The summed E-state index contributed by atoms with van der Waals surface area (Å²) in [6, 6.07) is 9.96. The molecule has 18 heavy (non-hydrogen) atoms. The Bertz CT molecular complexity index is 596. The second-order valence-corrected chi connectivity index (χ2v) is 4.17. The molecule has 4 heteroatoms. The van der Waals surface area contributed by atoms with E-state index in [1.54, 1.807) is 12.1 Å². The molecule has 0 aliphatic heterocycles. The Morgan fingerprint density at radius 3 is 2.39 bits per heavy atom. The molecule has 0 N–H and O–H groups in total. The second kappa shape index (κ2) is 5.27. The number of hydrogen-bond donors (Lipinski definition) is 0. The maximum Gasteiger partial charge on any atom is 0.168 e. The van der Waals surface area contributed by atoms with E-state index in [4.69, 9.17) is 11.6 Å². The van der Waals surface area contributed by atoms with Gasteiger partial charge in [-0.2, -0.15) is 0 Å². The van der Waals surface area contributed by atoms with Gasteiger partial charge in [-0.25, -0.2) is 8.78 Å². The molecule has 0 atom stereocenters. The van der Waals surface area contributed by atoms with E-state index < -0.39 is 17.4 Å². The zero-order valence-corrected chi connectivity index (χ0v) is 10.0. The smallest absolute Gasteiger partial charge is 0.168 e. The molecule has 0 bridgehead atoms. The van der Waals surface area contributed by atoms with Crippen molar-refractivity contribution >= 4 is 17.4 Å². The van der Waals surface area contributed by atoms with Crippen molar-refractivity contribution in [3.63, 3.8) is 0 Å². The molecule has 92 valence electrons. The predicted molar refractivity (Wildman–Crippen MR) is 65.8 cm³/mol. The zero-order valence-electron chi connectivity index (χ0n) is 9.29. The van der Waals surface area contributed by atoms with Crippen molar-refractivity contribution in [2.45, 2.75) is 6.42 Å². The molecule has 2 aromatic carbocycles. The normalized spacial score (nSPS) is 10.4. The molecular formula is C14H9ClF2O. The number of carbonyl (C=O) groups is 1. The third-order valence-corrected chi connectivity index (χ3v) is 2.94. The van der Waals surface area contributed by atoms with E-state index in [0.717, 1.165) is 0 Å². The van der Waals surface area contributed by atoms with Gasteiger partial charge >= 0.3 is 0 Å². The Morgan fingerprint density at radius 2 is 1.67 bits per heavy atom. The van der Waals surface area contributed by atoms with Crippen LogP contribution in [0.2, 0.25) is 5.02 Å². The van der Waals surface area contributed by atoms with Gasteiger partial charge in [-0.05, 0) is 23.8 Å². The van der Waals surface area contributed by atoms with Crippen molar-refractivity contribution in [1.82, 2.24) is 0 Å². The summed E-state index contributed by atoms with van der Waals surface area (Å²) in [6.45, 7) is 0. The molecule has 2 rings (SSSR count). The molecule has 0 heterocycles. The van der Waals surface area contributed by atoms with E-state index in [9.17, 15) is 13.6 Å². The van der Waals surface area contributed by atoms with Gasteiger partial charge in [0.1, 0.15) is 11.6 Å². The maximum atomic E-state index is 13.4. The van der Waals surface area contributed by atoms with Gasteiger partial charge in [0.15, 0.2) is 5.78 Å². The molecule has 0 saturated carbocycles. The van der Waals surface area contributed by atoms with Crippen molar-refractivity contribution in [2.75, 3.05) is 0 Å². The van der Waals surface area contributed by atoms with Crippen molar-refractivity contribution < 1.29 is 13.6 Å². The quantitative estimate of drug-likeness (QED) is 0.766. The summed E-state index contributed by atoms with van der Waals surface area (Å²) in [5.74, 6) is -1.53. The summed E-state index contributed by atoms with van der Waals surface area (Å²) in [6.07, 6.45) is -0.143. The van der Waals surface area contributed by atoms with Gasteiger partial charge in [0, 0.05) is 12.0 Å². The fourth-order valence-corrected chi connectivity index (χ4v) is 1.86.